The van der Waals surface area contributed by atoms with Crippen molar-refractivity contribution in [2.24, 2.45) is 0 Å². The van der Waals surface area contributed by atoms with Gasteiger partial charge in [-0.1, -0.05) is 20.3 Å². The van der Waals surface area contributed by atoms with Crippen molar-refractivity contribution in [3.8, 4) is 17.1 Å². The minimum Gasteiger partial charge on any atom is -0.494 e. The van der Waals surface area contributed by atoms with Crippen LogP contribution in [0.3, 0.4) is 0 Å². The van der Waals surface area contributed by atoms with Crippen LogP contribution in [0.2, 0.25) is 0 Å². The van der Waals surface area contributed by atoms with Crippen LogP contribution in [0.1, 0.15) is 44.2 Å². The van der Waals surface area contributed by atoms with Gasteiger partial charge >= 0.3 is 0 Å². The maximum atomic E-state index is 12.5. The van der Waals surface area contributed by atoms with Crippen LogP contribution in [0.25, 0.3) is 11.4 Å². The number of nitrogens with one attached hydrogen (secondary N) is 2. The highest BCUT2D eigenvalue weighted by molar-refractivity contribution is 7.71. The molecule has 2 N–H and O–H groups in total. The van der Waals surface area contributed by atoms with Gasteiger partial charge in [-0.2, -0.15) is 5.10 Å². The van der Waals surface area contributed by atoms with Crippen molar-refractivity contribution >= 4 is 34.6 Å². The topological polar surface area (TPSA) is 84.8 Å². The molecule has 0 atom stereocenters. The van der Waals surface area contributed by atoms with Gasteiger partial charge < -0.3 is 10.1 Å². The van der Waals surface area contributed by atoms with Crippen molar-refractivity contribution in [2.75, 3.05) is 11.9 Å². The van der Waals surface area contributed by atoms with Crippen LogP contribution in [-0.4, -0.2) is 32.3 Å². The number of anilines is 1. The van der Waals surface area contributed by atoms with Gasteiger partial charge in [-0.25, -0.2) is 4.98 Å². The summed E-state index contributed by atoms with van der Waals surface area (Å²) in [5.41, 5.74) is 2.00. The van der Waals surface area contributed by atoms with E-state index >= 15 is 0 Å². The molecule has 3 aromatic rings. The highest BCUT2D eigenvalue weighted by Gasteiger charge is 2.14. The monoisotopic (exact) mass is 445 g/mol. The smallest absolute Gasteiger partial charge is 0.227 e. The van der Waals surface area contributed by atoms with Gasteiger partial charge in [-0.3, -0.25) is 14.5 Å². The fourth-order valence-electron chi connectivity index (χ4n) is 3.15. The zero-order valence-electron chi connectivity index (χ0n) is 17.5. The lowest BCUT2D eigenvalue weighted by molar-refractivity contribution is -0.116. The summed E-state index contributed by atoms with van der Waals surface area (Å²) in [5.74, 6) is 1.41. The van der Waals surface area contributed by atoms with Gasteiger partial charge in [0, 0.05) is 23.4 Å². The summed E-state index contributed by atoms with van der Waals surface area (Å²) in [6.45, 7) is 7.24. The predicted molar refractivity (Wildman–Crippen MR) is 123 cm³/mol. The summed E-state index contributed by atoms with van der Waals surface area (Å²) in [7, 11) is 0. The summed E-state index contributed by atoms with van der Waals surface area (Å²) in [5, 5.41) is 10.8. The summed E-state index contributed by atoms with van der Waals surface area (Å²) < 4.78 is 7.81. The number of carbonyl (C=O) groups is 1. The van der Waals surface area contributed by atoms with E-state index in [1.807, 2.05) is 35.8 Å². The maximum Gasteiger partial charge on any atom is 0.227 e. The van der Waals surface area contributed by atoms with Crippen LogP contribution in [0, 0.1) is 4.77 Å². The number of aryl methyl sites for hydroxylation is 2. The van der Waals surface area contributed by atoms with Crippen LogP contribution < -0.4 is 10.1 Å². The molecule has 1 amide bonds. The molecule has 0 saturated heterocycles. The second-order valence-electron chi connectivity index (χ2n) is 6.75. The number of nitrogens with zero attached hydrogens (tertiary/aromatic N) is 3. The predicted octanol–water partition coefficient (Wildman–Crippen LogP) is 5.01. The fourth-order valence-corrected chi connectivity index (χ4v) is 4.34. The first-order valence-corrected chi connectivity index (χ1v) is 11.4. The van der Waals surface area contributed by atoms with E-state index in [1.165, 1.54) is 4.88 Å². The summed E-state index contributed by atoms with van der Waals surface area (Å²) >= 11 is 6.92. The molecule has 9 heteroatoms. The molecule has 0 fully saturated rings. The molecule has 0 saturated carbocycles. The van der Waals surface area contributed by atoms with E-state index in [9.17, 15) is 4.79 Å². The van der Waals surface area contributed by atoms with E-state index in [0.717, 1.165) is 36.3 Å². The normalized spacial score (nSPS) is 10.9. The highest BCUT2D eigenvalue weighted by Crippen LogP contribution is 2.25. The van der Waals surface area contributed by atoms with Gasteiger partial charge in [0.05, 0.1) is 12.3 Å². The fraction of sp³-hybridized carbons (Fsp3) is 0.429. The Balaban J connectivity index is 1.67. The standard InChI is InChI=1S/C21H27N5O2S2/c1-4-7-16-17(5-2)30-20(22-16)23-18(27)12-13-26-19(24-25-21(26)29)14-8-10-15(11-9-14)28-6-3/h8-11H,4-7,12-13H2,1-3H3,(H,25,29)(H,22,23,27). The van der Waals surface area contributed by atoms with Crippen molar-refractivity contribution in [3.05, 3.63) is 39.6 Å². The first kappa shape index (κ1) is 22.2. The van der Waals surface area contributed by atoms with Crippen LogP contribution in [0.15, 0.2) is 24.3 Å². The van der Waals surface area contributed by atoms with Gasteiger partial charge in [0.15, 0.2) is 15.7 Å². The lowest BCUT2D eigenvalue weighted by Gasteiger charge is -2.08. The van der Waals surface area contributed by atoms with Crippen molar-refractivity contribution in [1.82, 2.24) is 19.7 Å². The number of benzene rings is 1. The van der Waals surface area contributed by atoms with Gasteiger partial charge in [-0.05, 0) is 56.2 Å². The first-order chi connectivity index (χ1) is 14.5. The molecule has 0 bridgehead atoms. The van der Waals surface area contributed by atoms with Gasteiger partial charge in [0.2, 0.25) is 5.91 Å². The van der Waals surface area contributed by atoms with Crippen LogP contribution >= 0.6 is 23.6 Å². The van der Waals surface area contributed by atoms with Crippen LogP contribution in [-0.2, 0) is 24.2 Å². The van der Waals surface area contributed by atoms with Gasteiger partial charge in [-0.15, -0.1) is 11.3 Å². The third-order valence-corrected chi connectivity index (χ3v) is 6.05. The molecule has 0 aliphatic rings. The Kier molecular flexibility index (Phi) is 7.75. The van der Waals surface area contributed by atoms with Crippen molar-refractivity contribution in [3.63, 3.8) is 0 Å². The third kappa shape index (κ3) is 5.34. The summed E-state index contributed by atoms with van der Waals surface area (Å²) in [6.07, 6.45) is 3.18. The molecular weight excluding hydrogens is 418 g/mol. The second-order valence-corrected chi connectivity index (χ2v) is 8.22. The molecule has 0 radical (unpaired) electrons. The van der Waals surface area contributed by atoms with Crippen LogP contribution in [0.4, 0.5) is 5.13 Å². The van der Waals surface area contributed by atoms with E-state index < -0.39 is 0 Å². The quantitative estimate of drug-likeness (QED) is 0.429. The zero-order chi connectivity index (χ0) is 21.5. The number of aromatic amines is 1. The average molecular weight is 446 g/mol. The number of rotatable bonds is 10. The SMILES string of the molecule is CCCc1nc(NC(=O)CCn2c(-c3ccc(OCC)cc3)n[nH]c2=S)sc1CC. The number of hydrogen-bond acceptors (Lipinski definition) is 6. The third-order valence-electron chi connectivity index (χ3n) is 4.58. The Bertz CT molecular complexity index is 1040. The van der Waals surface area contributed by atoms with Crippen molar-refractivity contribution in [1.29, 1.82) is 0 Å². The highest BCUT2D eigenvalue weighted by atomic mass is 32.1. The van der Waals surface area contributed by atoms with Gasteiger partial charge in [0.25, 0.3) is 0 Å². The molecule has 0 aliphatic heterocycles. The molecule has 2 aromatic heterocycles. The Hall–Kier alpha value is -2.52. The number of carbonyl (C=O) groups excluding carboxylic acids is 1. The maximum absolute atomic E-state index is 12.5. The van der Waals surface area contributed by atoms with Crippen molar-refractivity contribution < 1.29 is 9.53 Å². The van der Waals surface area contributed by atoms with E-state index in [2.05, 4.69) is 34.3 Å². The minimum absolute atomic E-state index is 0.0878. The Morgan fingerprint density at radius 1 is 1.27 bits per heavy atom. The molecule has 2 heterocycles. The number of H-pyrrole nitrogens is 1. The lowest BCUT2D eigenvalue weighted by Crippen LogP contribution is -2.15. The Labute approximate surface area is 185 Å². The molecule has 0 spiro atoms. The first-order valence-electron chi connectivity index (χ1n) is 10.2. The number of thiazole rings is 1. The molecule has 0 aliphatic carbocycles. The van der Waals surface area contributed by atoms with Crippen molar-refractivity contribution in [2.45, 2.75) is 53.0 Å². The molecular formula is C21H27N5O2S2. The van der Waals surface area contributed by atoms with E-state index in [4.69, 9.17) is 17.0 Å². The molecule has 3 rings (SSSR count). The largest absolute Gasteiger partial charge is 0.494 e. The van der Waals surface area contributed by atoms with E-state index in [-0.39, 0.29) is 12.3 Å². The van der Waals surface area contributed by atoms with E-state index in [1.54, 1.807) is 11.3 Å². The molecule has 160 valence electrons. The molecule has 30 heavy (non-hydrogen) atoms. The lowest BCUT2D eigenvalue weighted by atomic mass is 10.2. The number of hydrogen-bond donors (Lipinski definition) is 2. The number of ether oxygens (including phenoxy) is 1. The number of amides is 1. The molecule has 7 nitrogen and oxygen atoms in total. The average Bonchev–Trinajstić information content (AvgIpc) is 3.30. The van der Waals surface area contributed by atoms with Gasteiger partial charge in [0.1, 0.15) is 5.75 Å². The molecule has 1 aromatic carbocycles. The van der Waals surface area contributed by atoms with E-state index in [0.29, 0.717) is 28.9 Å². The minimum atomic E-state index is -0.0878. The Morgan fingerprint density at radius 2 is 2.03 bits per heavy atom. The zero-order valence-corrected chi connectivity index (χ0v) is 19.2. The summed E-state index contributed by atoms with van der Waals surface area (Å²) in [6, 6.07) is 7.66. The molecule has 0 unspecified atom stereocenters. The summed E-state index contributed by atoms with van der Waals surface area (Å²) in [4.78, 5) is 18.3. The second kappa shape index (κ2) is 10.5. The van der Waals surface area contributed by atoms with Crippen LogP contribution in [0.5, 0.6) is 5.75 Å². The number of aromatic nitrogens is 4. The Morgan fingerprint density at radius 3 is 2.70 bits per heavy atom.